The number of methoxy groups -OCH3 is 1. The predicted octanol–water partition coefficient (Wildman–Crippen LogP) is 4.64. The van der Waals surface area contributed by atoms with E-state index < -0.39 is 28.5 Å². The van der Waals surface area contributed by atoms with E-state index >= 15 is 0 Å². The van der Waals surface area contributed by atoms with Crippen LogP contribution in [0.1, 0.15) is 25.0 Å². The predicted molar refractivity (Wildman–Crippen MR) is 162 cm³/mol. The Morgan fingerprint density at radius 2 is 1.62 bits per heavy atom. The smallest absolute Gasteiger partial charge is 0.244 e. The van der Waals surface area contributed by atoms with Gasteiger partial charge < -0.3 is 15.0 Å². The van der Waals surface area contributed by atoms with Gasteiger partial charge in [-0.1, -0.05) is 78.3 Å². The van der Waals surface area contributed by atoms with E-state index in [0.717, 1.165) is 21.7 Å². The van der Waals surface area contributed by atoms with Gasteiger partial charge in [0.2, 0.25) is 21.8 Å². The molecule has 0 aliphatic carbocycles. The molecule has 0 unspecified atom stereocenters. The van der Waals surface area contributed by atoms with Gasteiger partial charge in [-0.05, 0) is 47.4 Å². The molecule has 0 fully saturated rings. The molecule has 8 nitrogen and oxygen atoms in total. The van der Waals surface area contributed by atoms with Gasteiger partial charge in [-0.3, -0.25) is 13.9 Å². The largest absolute Gasteiger partial charge is 0.497 e. The Balaban J connectivity index is 2.06. The fraction of sp³-hybridized carbons (Fsp3) is 0.333. The van der Waals surface area contributed by atoms with Crippen LogP contribution < -0.4 is 14.4 Å². The van der Waals surface area contributed by atoms with Gasteiger partial charge in [0.25, 0.3) is 0 Å². The lowest BCUT2D eigenvalue weighted by molar-refractivity contribution is -0.140. The number of anilines is 1. The Morgan fingerprint density at radius 1 is 0.950 bits per heavy atom. The molecule has 0 heterocycles. The van der Waals surface area contributed by atoms with Crippen LogP contribution in [0, 0.1) is 5.92 Å². The van der Waals surface area contributed by atoms with Crippen molar-refractivity contribution in [2.75, 3.05) is 30.8 Å². The summed E-state index contributed by atoms with van der Waals surface area (Å²) in [7, 11) is -2.27. The minimum atomic E-state index is -3.83. The van der Waals surface area contributed by atoms with Crippen molar-refractivity contribution in [3.8, 4) is 5.75 Å². The Hall–Kier alpha value is -3.37. The average molecular weight is 631 g/mol. The normalized spacial score (nSPS) is 12.1. The maximum atomic E-state index is 14.1. The number of carbonyl (C=O) groups excluding carboxylic acids is 2. The van der Waals surface area contributed by atoms with E-state index in [0.29, 0.717) is 22.5 Å². The molecule has 3 aromatic carbocycles. The van der Waals surface area contributed by atoms with E-state index in [1.54, 1.807) is 43.5 Å². The van der Waals surface area contributed by atoms with Crippen molar-refractivity contribution in [2.45, 2.75) is 32.9 Å². The number of hydrogen-bond donors (Lipinski definition) is 1. The van der Waals surface area contributed by atoms with Gasteiger partial charge in [-0.2, -0.15) is 0 Å². The summed E-state index contributed by atoms with van der Waals surface area (Å²) in [6, 6.07) is 22.6. The number of sulfonamides is 1. The van der Waals surface area contributed by atoms with Crippen molar-refractivity contribution in [3.63, 3.8) is 0 Å². The molecule has 40 heavy (non-hydrogen) atoms. The SMILES string of the molecule is COc1cccc(CN(C(=O)CN(c2cccc(Br)c2)S(C)(=O)=O)[C@@H](Cc2ccccc2)C(=O)NCC(C)C)c1. The van der Waals surface area contributed by atoms with Gasteiger partial charge in [-0.25, -0.2) is 8.42 Å². The summed E-state index contributed by atoms with van der Waals surface area (Å²) in [5.74, 6) is 0.0118. The summed E-state index contributed by atoms with van der Waals surface area (Å²) in [6.45, 7) is 4.04. The Bertz CT molecular complexity index is 1400. The molecule has 0 spiro atoms. The summed E-state index contributed by atoms with van der Waals surface area (Å²) < 4.78 is 32.8. The molecule has 0 aromatic heterocycles. The van der Waals surface area contributed by atoms with E-state index in [-0.39, 0.29) is 24.8 Å². The summed E-state index contributed by atoms with van der Waals surface area (Å²) in [4.78, 5) is 29.2. The molecule has 0 saturated carbocycles. The summed E-state index contributed by atoms with van der Waals surface area (Å²) in [5.41, 5.74) is 1.97. The highest BCUT2D eigenvalue weighted by Gasteiger charge is 2.33. The van der Waals surface area contributed by atoms with E-state index in [1.165, 1.54) is 4.90 Å². The van der Waals surface area contributed by atoms with Crippen molar-refractivity contribution in [1.82, 2.24) is 10.2 Å². The van der Waals surface area contributed by atoms with Gasteiger partial charge in [0.15, 0.2) is 0 Å². The van der Waals surface area contributed by atoms with E-state index in [4.69, 9.17) is 4.74 Å². The number of nitrogens with zero attached hydrogens (tertiary/aromatic N) is 2. The fourth-order valence-electron chi connectivity index (χ4n) is 4.19. The maximum Gasteiger partial charge on any atom is 0.244 e. The van der Waals surface area contributed by atoms with Crippen molar-refractivity contribution < 1.29 is 22.7 Å². The van der Waals surface area contributed by atoms with Crippen molar-refractivity contribution >= 4 is 43.5 Å². The van der Waals surface area contributed by atoms with Gasteiger partial charge in [-0.15, -0.1) is 0 Å². The first-order valence-electron chi connectivity index (χ1n) is 12.9. The highest BCUT2D eigenvalue weighted by Crippen LogP contribution is 2.24. The molecule has 3 rings (SSSR count). The molecule has 10 heteroatoms. The quantitative estimate of drug-likeness (QED) is 0.297. The molecule has 214 valence electrons. The topological polar surface area (TPSA) is 96.0 Å². The maximum absolute atomic E-state index is 14.1. The standard InChI is InChI=1S/C30H36BrN3O5S/c1-22(2)19-32-30(36)28(17-23-10-6-5-7-11-23)33(20-24-12-8-15-27(16-24)39-3)29(35)21-34(40(4,37)38)26-14-9-13-25(31)18-26/h5-16,18,22,28H,17,19-21H2,1-4H3,(H,32,36)/t28-/m0/s1. The number of carbonyl (C=O) groups is 2. The van der Waals surface area contributed by atoms with Crippen molar-refractivity contribution in [3.05, 3.63) is 94.5 Å². The van der Waals surface area contributed by atoms with Crippen LogP contribution >= 0.6 is 15.9 Å². The lowest BCUT2D eigenvalue weighted by atomic mass is 10.0. The lowest BCUT2D eigenvalue weighted by Gasteiger charge is -2.33. The molecule has 2 amide bonds. The first-order chi connectivity index (χ1) is 19.0. The fourth-order valence-corrected chi connectivity index (χ4v) is 5.42. The number of halogens is 1. The van der Waals surface area contributed by atoms with E-state index in [9.17, 15) is 18.0 Å². The zero-order valence-electron chi connectivity index (χ0n) is 23.2. The van der Waals surface area contributed by atoms with Gasteiger partial charge in [0.05, 0.1) is 19.1 Å². The minimum absolute atomic E-state index is 0.0821. The molecule has 0 bridgehead atoms. The van der Waals surface area contributed by atoms with E-state index in [1.807, 2.05) is 56.3 Å². The highest BCUT2D eigenvalue weighted by atomic mass is 79.9. The van der Waals surface area contributed by atoms with Crippen LogP contribution in [0.5, 0.6) is 5.75 Å². The minimum Gasteiger partial charge on any atom is -0.497 e. The van der Waals surface area contributed by atoms with Crippen LogP contribution in [0.2, 0.25) is 0 Å². The third-order valence-corrected chi connectivity index (χ3v) is 7.85. The number of rotatable bonds is 13. The second-order valence-corrected chi connectivity index (χ2v) is 12.8. The Morgan fingerprint density at radius 3 is 2.25 bits per heavy atom. The summed E-state index contributed by atoms with van der Waals surface area (Å²) in [6.07, 6.45) is 1.32. The molecule has 0 aliphatic heterocycles. The second-order valence-electron chi connectivity index (χ2n) is 9.97. The molecule has 0 saturated heterocycles. The first kappa shape index (κ1) is 31.2. The monoisotopic (exact) mass is 629 g/mol. The van der Waals surface area contributed by atoms with Gasteiger partial charge >= 0.3 is 0 Å². The summed E-state index contributed by atoms with van der Waals surface area (Å²) in [5, 5.41) is 2.97. The Labute approximate surface area is 245 Å². The summed E-state index contributed by atoms with van der Waals surface area (Å²) >= 11 is 3.38. The number of hydrogen-bond acceptors (Lipinski definition) is 5. The number of nitrogens with one attached hydrogen (secondary N) is 1. The highest BCUT2D eigenvalue weighted by molar-refractivity contribution is 9.10. The number of benzene rings is 3. The number of amides is 2. The lowest BCUT2D eigenvalue weighted by Crippen LogP contribution is -2.53. The zero-order valence-corrected chi connectivity index (χ0v) is 25.6. The molecular formula is C30H36BrN3O5S. The van der Waals surface area contributed by atoms with Crippen molar-refractivity contribution in [2.24, 2.45) is 5.92 Å². The van der Waals surface area contributed by atoms with Crippen LogP contribution in [-0.4, -0.2) is 57.6 Å². The average Bonchev–Trinajstić information content (AvgIpc) is 2.92. The van der Waals surface area contributed by atoms with Crippen LogP contribution in [0.4, 0.5) is 5.69 Å². The van der Waals surface area contributed by atoms with E-state index in [2.05, 4.69) is 21.2 Å². The second kappa shape index (κ2) is 14.3. The molecule has 3 aromatic rings. The van der Waals surface area contributed by atoms with Crippen LogP contribution in [0.25, 0.3) is 0 Å². The molecule has 0 radical (unpaired) electrons. The molecule has 0 aliphatic rings. The third-order valence-electron chi connectivity index (χ3n) is 6.22. The van der Waals surface area contributed by atoms with Crippen molar-refractivity contribution in [1.29, 1.82) is 0 Å². The van der Waals surface area contributed by atoms with Crippen LogP contribution in [0.15, 0.2) is 83.3 Å². The Kier molecular flexibility index (Phi) is 11.2. The third kappa shape index (κ3) is 9.09. The van der Waals surface area contributed by atoms with Gasteiger partial charge in [0.1, 0.15) is 18.3 Å². The molecule has 1 atom stereocenters. The zero-order chi connectivity index (χ0) is 29.3. The van der Waals surface area contributed by atoms with Gasteiger partial charge in [0, 0.05) is 24.0 Å². The number of ether oxygens (including phenoxy) is 1. The molecular weight excluding hydrogens is 594 g/mol. The first-order valence-corrected chi connectivity index (χ1v) is 15.6. The van der Waals surface area contributed by atoms with Crippen LogP contribution in [0.3, 0.4) is 0 Å². The molecule has 1 N–H and O–H groups in total. The van der Waals surface area contributed by atoms with Crippen LogP contribution in [-0.2, 0) is 32.6 Å².